The molecule has 0 aliphatic carbocycles. The molecule has 6 heteroatoms. The van der Waals surface area contributed by atoms with Crippen LogP contribution in [-0.2, 0) is 0 Å². The highest BCUT2D eigenvalue weighted by molar-refractivity contribution is 9.10. The molecule has 124 valence electrons. The third-order valence-corrected chi connectivity index (χ3v) is 4.59. The molecule has 1 aromatic carbocycles. The number of anilines is 2. The van der Waals surface area contributed by atoms with E-state index in [1.165, 1.54) is 0 Å². The van der Waals surface area contributed by atoms with Crippen molar-refractivity contribution in [3.05, 3.63) is 82.1 Å². The summed E-state index contributed by atoms with van der Waals surface area (Å²) in [5.41, 5.74) is 2.64. The molecule has 1 atom stereocenters. The summed E-state index contributed by atoms with van der Waals surface area (Å²) in [6.45, 7) is 1.97. The molecule has 1 amide bonds. The van der Waals surface area contributed by atoms with Crippen molar-refractivity contribution >= 4 is 33.5 Å². The fourth-order valence-electron chi connectivity index (χ4n) is 2.90. The maximum atomic E-state index is 13.0. The lowest BCUT2D eigenvalue weighted by Gasteiger charge is -2.25. The number of benzene rings is 1. The normalized spacial score (nSPS) is 16.0. The molecule has 3 heterocycles. The van der Waals surface area contributed by atoms with E-state index in [-0.39, 0.29) is 12.1 Å². The highest BCUT2D eigenvalue weighted by Gasteiger charge is 2.38. The highest BCUT2D eigenvalue weighted by atomic mass is 79.9. The van der Waals surface area contributed by atoms with E-state index in [0.29, 0.717) is 17.2 Å². The van der Waals surface area contributed by atoms with Gasteiger partial charge in [0.2, 0.25) is 0 Å². The summed E-state index contributed by atoms with van der Waals surface area (Å²) in [6, 6.07) is 15.2. The van der Waals surface area contributed by atoms with Crippen LogP contribution in [0.15, 0.2) is 65.4 Å². The Bertz CT molecular complexity index is 925. The molecule has 1 aliphatic heterocycles. The minimum Gasteiger partial charge on any atom is -0.346 e. The number of hydrogen-bond donors (Lipinski definition) is 1. The second kappa shape index (κ2) is 6.29. The third kappa shape index (κ3) is 2.89. The number of nitrogens with zero attached hydrogens (tertiary/aromatic N) is 3. The molecule has 0 saturated heterocycles. The average Bonchev–Trinajstić information content (AvgIpc) is 2.90. The van der Waals surface area contributed by atoms with Gasteiger partial charge in [0.15, 0.2) is 0 Å². The van der Waals surface area contributed by atoms with Crippen molar-refractivity contribution in [2.45, 2.75) is 13.1 Å². The van der Waals surface area contributed by atoms with Crippen LogP contribution in [0.2, 0.25) is 0 Å². The number of hydrogen-bond acceptors (Lipinski definition) is 4. The van der Waals surface area contributed by atoms with Crippen LogP contribution in [-0.4, -0.2) is 15.9 Å². The molecule has 0 radical (unpaired) electrons. The molecule has 0 bridgehead atoms. The van der Waals surface area contributed by atoms with E-state index in [0.717, 1.165) is 15.6 Å². The fraction of sp³-hybridized carbons (Fsp3) is 0.105. The summed E-state index contributed by atoms with van der Waals surface area (Å²) >= 11 is 3.38. The topological polar surface area (TPSA) is 58.1 Å². The monoisotopic (exact) mass is 394 g/mol. The van der Waals surface area contributed by atoms with Crippen LogP contribution in [0.3, 0.4) is 0 Å². The van der Waals surface area contributed by atoms with E-state index < -0.39 is 0 Å². The average molecular weight is 395 g/mol. The van der Waals surface area contributed by atoms with Crippen LogP contribution in [0.25, 0.3) is 0 Å². The standard InChI is InChI=1S/C19H15BrN4O/c1-12-6-9-17(22-10-12)24-18(23-16-8-7-13(20)11-21-16)14-4-2-3-5-15(14)19(24)25/h2-11,18H,1H3,(H,21,23)/t18-/m0/s1. The van der Waals surface area contributed by atoms with Crippen molar-refractivity contribution in [1.82, 2.24) is 9.97 Å². The molecule has 0 spiro atoms. The molecule has 0 fully saturated rings. The molecule has 0 saturated carbocycles. The highest BCUT2D eigenvalue weighted by Crippen LogP contribution is 2.36. The summed E-state index contributed by atoms with van der Waals surface area (Å²) in [5, 5.41) is 3.35. The number of aromatic nitrogens is 2. The Hall–Kier alpha value is -2.73. The van der Waals surface area contributed by atoms with Gasteiger partial charge in [-0.3, -0.25) is 9.69 Å². The van der Waals surface area contributed by atoms with Crippen molar-refractivity contribution in [2.75, 3.05) is 10.2 Å². The fourth-order valence-corrected chi connectivity index (χ4v) is 3.13. The third-order valence-electron chi connectivity index (χ3n) is 4.12. The summed E-state index contributed by atoms with van der Waals surface area (Å²) in [6.07, 6.45) is 3.13. The second-order valence-corrected chi connectivity index (χ2v) is 6.78. The molecule has 2 aromatic heterocycles. The maximum Gasteiger partial charge on any atom is 0.261 e. The second-order valence-electron chi connectivity index (χ2n) is 5.86. The number of pyridine rings is 2. The molecule has 0 unspecified atom stereocenters. The van der Waals surface area contributed by atoms with Gasteiger partial charge >= 0.3 is 0 Å². The van der Waals surface area contributed by atoms with Gasteiger partial charge in [0.05, 0.1) is 0 Å². The van der Waals surface area contributed by atoms with E-state index in [1.807, 2.05) is 55.5 Å². The van der Waals surface area contributed by atoms with Crippen LogP contribution in [0.4, 0.5) is 11.6 Å². The lowest BCUT2D eigenvalue weighted by molar-refractivity contribution is 0.0992. The number of nitrogens with one attached hydrogen (secondary N) is 1. The lowest BCUT2D eigenvalue weighted by atomic mass is 10.1. The minimum absolute atomic E-state index is 0.0680. The lowest BCUT2D eigenvalue weighted by Crippen LogP contribution is -2.33. The zero-order valence-corrected chi connectivity index (χ0v) is 15.1. The van der Waals surface area contributed by atoms with Gasteiger partial charge < -0.3 is 5.32 Å². The molecular formula is C19H15BrN4O. The summed E-state index contributed by atoms with van der Waals surface area (Å²) < 4.78 is 0.901. The molecule has 1 N–H and O–H groups in total. The number of carbonyl (C=O) groups is 1. The summed E-state index contributed by atoms with van der Waals surface area (Å²) in [4.78, 5) is 23.4. The molecular weight excluding hydrogens is 380 g/mol. The first kappa shape index (κ1) is 15.8. The number of amides is 1. The Kier molecular flexibility index (Phi) is 3.97. The zero-order valence-electron chi connectivity index (χ0n) is 13.5. The first-order chi connectivity index (χ1) is 12.1. The van der Waals surface area contributed by atoms with Crippen molar-refractivity contribution < 1.29 is 4.79 Å². The van der Waals surface area contributed by atoms with Gasteiger partial charge in [-0.2, -0.15) is 0 Å². The first-order valence-corrected chi connectivity index (χ1v) is 8.66. The number of halogens is 1. The molecule has 1 aliphatic rings. The molecule has 4 rings (SSSR count). The molecule has 3 aromatic rings. The maximum absolute atomic E-state index is 13.0. The smallest absolute Gasteiger partial charge is 0.261 e. The Morgan fingerprint density at radius 1 is 1.04 bits per heavy atom. The van der Waals surface area contributed by atoms with E-state index >= 15 is 0 Å². The first-order valence-electron chi connectivity index (χ1n) is 7.87. The van der Waals surface area contributed by atoms with Gasteiger partial charge in [-0.15, -0.1) is 0 Å². The van der Waals surface area contributed by atoms with Gasteiger partial charge in [-0.25, -0.2) is 9.97 Å². The van der Waals surface area contributed by atoms with Crippen LogP contribution in [0, 0.1) is 6.92 Å². The van der Waals surface area contributed by atoms with Crippen molar-refractivity contribution in [3.8, 4) is 0 Å². The molecule has 25 heavy (non-hydrogen) atoms. The van der Waals surface area contributed by atoms with Gasteiger partial charge in [0, 0.05) is 28.0 Å². The Balaban J connectivity index is 1.77. The largest absolute Gasteiger partial charge is 0.346 e. The Morgan fingerprint density at radius 3 is 2.60 bits per heavy atom. The van der Waals surface area contributed by atoms with E-state index in [4.69, 9.17) is 0 Å². The van der Waals surface area contributed by atoms with Gasteiger partial charge in [-0.1, -0.05) is 24.3 Å². The SMILES string of the molecule is Cc1ccc(N2C(=O)c3ccccc3[C@H]2Nc2ccc(Br)cn2)nc1. The predicted molar refractivity (Wildman–Crippen MR) is 101 cm³/mol. The quantitative estimate of drug-likeness (QED) is 0.718. The number of aryl methyl sites for hydroxylation is 1. The van der Waals surface area contributed by atoms with Gasteiger partial charge in [0.25, 0.3) is 5.91 Å². The number of rotatable bonds is 3. The Morgan fingerprint density at radius 2 is 1.88 bits per heavy atom. The van der Waals surface area contributed by atoms with Gasteiger partial charge in [-0.05, 0) is 52.7 Å². The van der Waals surface area contributed by atoms with E-state index in [1.54, 1.807) is 17.3 Å². The predicted octanol–water partition coefficient (Wildman–Crippen LogP) is 4.32. The van der Waals surface area contributed by atoms with Crippen LogP contribution in [0.1, 0.15) is 27.7 Å². The number of carbonyl (C=O) groups excluding carboxylic acids is 1. The summed E-state index contributed by atoms with van der Waals surface area (Å²) in [7, 11) is 0. The van der Waals surface area contributed by atoms with Crippen molar-refractivity contribution in [1.29, 1.82) is 0 Å². The van der Waals surface area contributed by atoms with Crippen LogP contribution >= 0.6 is 15.9 Å². The van der Waals surface area contributed by atoms with Crippen molar-refractivity contribution in [3.63, 3.8) is 0 Å². The summed E-state index contributed by atoms with van der Waals surface area (Å²) in [5.74, 6) is 1.23. The zero-order chi connectivity index (χ0) is 17.4. The minimum atomic E-state index is -0.354. The molecule has 5 nitrogen and oxygen atoms in total. The van der Waals surface area contributed by atoms with Crippen molar-refractivity contribution in [2.24, 2.45) is 0 Å². The van der Waals surface area contributed by atoms with E-state index in [2.05, 4.69) is 31.2 Å². The van der Waals surface area contributed by atoms with Crippen LogP contribution in [0.5, 0.6) is 0 Å². The van der Waals surface area contributed by atoms with Crippen LogP contribution < -0.4 is 10.2 Å². The number of fused-ring (bicyclic) bond motifs is 1. The van der Waals surface area contributed by atoms with Gasteiger partial charge in [0.1, 0.15) is 17.8 Å². The Labute approximate surface area is 153 Å². The van der Waals surface area contributed by atoms with E-state index in [9.17, 15) is 4.79 Å².